The minimum Gasteiger partial charge on any atom is -0.482 e. The lowest BCUT2D eigenvalue weighted by molar-refractivity contribution is -0.144. The molecule has 0 heterocycles. The molecule has 0 saturated heterocycles. The van der Waals surface area contributed by atoms with Gasteiger partial charge in [0, 0.05) is 16.9 Å². The Morgan fingerprint density at radius 3 is 1.96 bits per heavy atom. The number of ketones is 1. The molecule has 0 unspecified atom stereocenters. The molecule has 0 radical (unpaired) electrons. The summed E-state index contributed by atoms with van der Waals surface area (Å²) in [5, 5.41) is 3.26. The summed E-state index contributed by atoms with van der Waals surface area (Å²) >= 11 is 0. The Bertz CT molecular complexity index is 877. The molecular formula is C22H19NO4. The van der Waals surface area contributed by atoms with E-state index in [-0.39, 0.29) is 19.0 Å². The van der Waals surface area contributed by atoms with Gasteiger partial charge in [-0.3, -0.25) is 4.79 Å². The molecule has 0 saturated carbocycles. The summed E-state index contributed by atoms with van der Waals surface area (Å²) < 4.78 is 10.4. The summed E-state index contributed by atoms with van der Waals surface area (Å²) in [6.45, 7) is -0.556. The molecular weight excluding hydrogens is 342 g/mol. The molecule has 3 aromatic rings. The molecule has 0 bridgehead atoms. The molecule has 0 spiro atoms. The van der Waals surface area contributed by atoms with E-state index in [1.807, 2.05) is 48.5 Å². The largest absolute Gasteiger partial charge is 0.482 e. The number of carbonyl (C=O) groups excluding carboxylic acids is 2. The highest BCUT2D eigenvalue weighted by Crippen LogP contribution is 2.19. The van der Waals surface area contributed by atoms with Gasteiger partial charge in [-0.1, -0.05) is 48.5 Å². The van der Waals surface area contributed by atoms with Crippen LogP contribution >= 0.6 is 0 Å². The molecule has 0 aromatic heterocycles. The summed E-state index contributed by atoms with van der Waals surface area (Å²) in [6, 6.07) is 25.7. The second-order valence-electron chi connectivity index (χ2n) is 5.75. The number of carbonyl (C=O) groups is 2. The van der Waals surface area contributed by atoms with Gasteiger partial charge in [-0.25, -0.2) is 4.79 Å². The summed E-state index contributed by atoms with van der Waals surface area (Å²) in [6.07, 6.45) is 0. The number of anilines is 2. The third-order valence-electron chi connectivity index (χ3n) is 3.73. The summed E-state index contributed by atoms with van der Waals surface area (Å²) in [4.78, 5) is 23.6. The Labute approximate surface area is 157 Å². The molecule has 27 heavy (non-hydrogen) atoms. The van der Waals surface area contributed by atoms with E-state index >= 15 is 0 Å². The summed E-state index contributed by atoms with van der Waals surface area (Å²) in [5.74, 6) is -0.300. The van der Waals surface area contributed by atoms with Gasteiger partial charge in [0.15, 0.2) is 19.0 Å². The van der Waals surface area contributed by atoms with Gasteiger partial charge in [-0.15, -0.1) is 0 Å². The van der Waals surface area contributed by atoms with E-state index in [1.54, 1.807) is 36.4 Å². The smallest absolute Gasteiger partial charge is 0.344 e. The van der Waals surface area contributed by atoms with Gasteiger partial charge >= 0.3 is 5.97 Å². The van der Waals surface area contributed by atoms with Crippen LogP contribution in [0.3, 0.4) is 0 Å². The molecule has 0 amide bonds. The molecule has 0 aliphatic heterocycles. The zero-order chi connectivity index (χ0) is 18.9. The second kappa shape index (κ2) is 9.20. The normalized spacial score (nSPS) is 10.1. The van der Waals surface area contributed by atoms with Crippen LogP contribution in [0.5, 0.6) is 5.75 Å². The topological polar surface area (TPSA) is 64.6 Å². The monoisotopic (exact) mass is 361 g/mol. The lowest BCUT2D eigenvalue weighted by Crippen LogP contribution is -2.19. The van der Waals surface area contributed by atoms with Gasteiger partial charge in [0.2, 0.25) is 0 Å². The molecule has 3 rings (SSSR count). The third kappa shape index (κ3) is 5.71. The van der Waals surface area contributed by atoms with E-state index in [0.29, 0.717) is 11.3 Å². The van der Waals surface area contributed by atoms with Gasteiger partial charge < -0.3 is 14.8 Å². The zero-order valence-corrected chi connectivity index (χ0v) is 14.6. The Hall–Kier alpha value is -3.60. The molecule has 1 N–H and O–H groups in total. The van der Waals surface area contributed by atoms with Crippen LogP contribution in [0.4, 0.5) is 11.4 Å². The van der Waals surface area contributed by atoms with Crippen molar-refractivity contribution >= 4 is 23.1 Å². The van der Waals surface area contributed by atoms with E-state index in [2.05, 4.69) is 5.32 Å². The SMILES string of the molecule is O=C(COc1ccc(Nc2ccccc2)cc1)OCC(=O)c1ccccc1. The maximum absolute atomic E-state index is 11.9. The van der Waals surface area contributed by atoms with Crippen LogP contribution in [0, 0.1) is 0 Å². The Morgan fingerprint density at radius 2 is 1.30 bits per heavy atom. The number of nitrogens with one attached hydrogen (secondary N) is 1. The number of benzene rings is 3. The predicted octanol–water partition coefficient (Wildman–Crippen LogP) is 4.24. The van der Waals surface area contributed by atoms with E-state index < -0.39 is 5.97 Å². The fourth-order valence-corrected chi connectivity index (χ4v) is 2.36. The van der Waals surface area contributed by atoms with Crippen molar-refractivity contribution in [2.75, 3.05) is 18.5 Å². The summed E-state index contributed by atoms with van der Waals surface area (Å²) in [7, 11) is 0. The first-order valence-corrected chi connectivity index (χ1v) is 8.49. The third-order valence-corrected chi connectivity index (χ3v) is 3.73. The van der Waals surface area contributed by atoms with Crippen molar-refractivity contribution < 1.29 is 19.1 Å². The molecule has 0 atom stereocenters. The Balaban J connectivity index is 1.43. The molecule has 0 aliphatic rings. The number of hydrogen-bond donors (Lipinski definition) is 1. The van der Waals surface area contributed by atoms with Gasteiger partial charge in [-0.05, 0) is 36.4 Å². The zero-order valence-electron chi connectivity index (χ0n) is 14.6. The van der Waals surface area contributed by atoms with Crippen LogP contribution in [0.25, 0.3) is 0 Å². The fourth-order valence-electron chi connectivity index (χ4n) is 2.36. The van der Waals surface area contributed by atoms with Crippen molar-refractivity contribution in [1.29, 1.82) is 0 Å². The molecule has 0 aliphatic carbocycles. The minimum absolute atomic E-state index is 0.250. The molecule has 5 nitrogen and oxygen atoms in total. The number of ether oxygens (including phenoxy) is 2. The first kappa shape index (κ1) is 18.2. The van der Waals surface area contributed by atoms with Crippen molar-refractivity contribution in [2.24, 2.45) is 0 Å². The first-order valence-electron chi connectivity index (χ1n) is 8.49. The highest BCUT2D eigenvalue weighted by atomic mass is 16.6. The second-order valence-corrected chi connectivity index (χ2v) is 5.75. The highest BCUT2D eigenvalue weighted by molar-refractivity contribution is 5.97. The van der Waals surface area contributed by atoms with E-state index in [9.17, 15) is 9.59 Å². The van der Waals surface area contributed by atoms with Crippen LogP contribution in [0.2, 0.25) is 0 Å². The fraction of sp³-hybridized carbons (Fsp3) is 0.0909. The van der Waals surface area contributed by atoms with Crippen LogP contribution in [0.1, 0.15) is 10.4 Å². The van der Waals surface area contributed by atoms with Crippen molar-refractivity contribution in [2.45, 2.75) is 0 Å². The first-order chi connectivity index (χ1) is 13.2. The highest BCUT2D eigenvalue weighted by Gasteiger charge is 2.10. The van der Waals surface area contributed by atoms with E-state index in [0.717, 1.165) is 11.4 Å². The maximum Gasteiger partial charge on any atom is 0.344 e. The lowest BCUT2D eigenvalue weighted by atomic mass is 10.1. The quantitative estimate of drug-likeness (QED) is 0.480. The molecule has 3 aromatic carbocycles. The van der Waals surface area contributed by atoms with E-state index in [4.69, 9.17) is 9.47 Å². The van der Waals surface area contributed by atoms with Gasteiger partial charge in [0.05, 0.1) is 0 Å². The number of esters is 1. The minimum atomic E-state index is -0.592. The number of rotatable bonds is 8. The Kier molecular flexibility index (Phi) is 6.20. The predicted molar refractivity (Wildman–Crippen MR) is 103 cm³/mol. The summed E-state index contributed by atoms with van der Waals surface area (Å²) in [5.41, 5.74) is 2.40. The van der Waals surface area contributed by atoms with Crippen LogP contribution in [0.15, 0.2) is 84.9 Å². The Morgan fingerprint density at radius 1 is 0.704 bits per heavy atom. The average molecular weight is 361 g/mol. The standard InChI is InChI=1S/C22H19NO4/c24-21(17-7-3-1-4-8-17)15-27-22(25)16-26-20-13-11-19(12-14-20)23-18-9-5-2-6-10-18/h1-14,23H,15-16H2. The molecule has 136 valence electrons. The van der Waals surface area contributed by atoms with Crippen molar-refractivity contribution in [3.8, 4) is 5.75 Å². The van der Waals surface area contributed by atoms with Crippen molar-refractivity contribution in [3.05, 3.63) is 90.5 Å². The maximum atomic E-state index is 11.9. The lowest BCUT2D eigenvalue weighted by Gasteiger charge is -2.09. The molecule has 0 fully saturated rings. The van der Waals surface area contributed by atoms with Crippen LogP contribution in [-0.2, 0) is 9.53 Å². The molecule has 5 heteroatoms. The van der Waals surface area contributed by atoms with Gasteiger partial charge in [-0.2, -0.15) is 0 Å². The number of Topliss-reactive ketones (excluding diaryl/α,β-unsaturated/α-hetero) is 1. The number of para-hydroxylation sites is 1. The van der Waals surface area contributed by atoms with Gasteiger partial charge in [0.25, 0.3) is 0 Å². The average Bonchev–Trinajstić information content (AvgIpc) is 2.73. The van der Waals surface area contributed by atoms with E-state index in [1.165, 1.54) is 0 Å². The van der Waals surface area contributed by atoms with Crippen molar-refractivity contribution in [1.82, 2.24) is 0 Å². The number of hydrogen-bond acceptors (Lipinski definition) is 5. The van der Waals surface area contributed by atoms with Gasteiger partial charge in [0.1, 0.15) is 5.75 Å². The van der Waals surface area contributed by atoms with Crippen LogP contribution < -0.4 is 10.1 Å². The van der Waals surface area contributed by atoms with Crippen molar-refractivity contribution in [3.63, 3.8) is 0 Å². The van der Waals surface area contributed by atoms with Crippen LogP contribution in [-0.4, -0.2) is 25.0 Å².